The molecular formula is C17H23N3O. The molecule has 2 aromatic rings. The summed E-state index contributed by atoms with van der Waals surface area (Å²) < 4.78 is 2.28. The van der Waals surface area contributed by atoms with Crippen molar-refractivity contribution in [2.24, 2.45) is 0 Å². The minimum Gasteiger partial charge on any atom is -0.345 e. The number of nitrogens with zero attached hydrogens (tertiary/aromatic N) is 1. The topological polar surface area (TPSA) is 46.1 Å². The van der Waals surface area contributed by atoms with Crippen molar-refractivity contribution < 1.29 is 4.79 Å². The highest BCUT2D eigenvalue weighted by atomic mass is 16.2. The number of piperidine rings is 1. The number of hydrogen-bond acceptors (Lipinski definition) is 2. The maximum absolute atomic E-state index is 12.3. The number of fused-ring (bicyclic) bond motifs is 1. The molecular weight excluding hydrogens is 262 g/mol. The van der Waals surface area contributed by atoms with E-state index in [1.807, 2.05) is 6.07 Å². The van der Waals surface area contributed by atoms with E-state index in [4.69, 9.17) is 0 Å². The van der Waals surface area contributed by atoms with E-state index < -0.39 is 0 Å². The van der Waals surface area contributed by atoms with Gasteiger partial charge < -0.3 is 15.2 Å². The maximum atomic E-state index is 12.3. The molecule has 112 valence electrons. The Morgan fingerprint density at radius 3 is 2.95 bits per heavy atom. The van der Waals surface area contributed by atoms with Crippen LogP contribution in [-0.4, -0.2) is 23.1 Å². The molecule has 3 rings (SSSR count). The maximum Gasteiger partial charge on any atom is 0.241 e. The zero-order valence-corrected chi connectivity index (χ0v) is 12.8. The number of rotatable bonds is 3. The Balaban J connectivity index is 1.79. The summed E-state index contributed by atoms with van der Waals surface area (Å²) in [7, 11) is 0. The highest BCUT2D eigenvalue weighted by Gasteiger charge is 2.20. The first-order chi connectivity index (χ1) is 10.2. The van der Waals surface area contributed by atoms with E-state index in [9.17, 15) is 4.79 Å². The number of aryl methyl sites for hydroxylation is 2. The molecule has 0 saturated carbocycles. The van der Waals surface area contributed by atoms with Crippen molar-refractivity contribution in [3.8, 4) is 0 Å². The number of carbonyl (C=O) groups is 1. The third kappa shape index (κ3) is 2.81. The molecule has 1 aliphatic heterocycles. The minimum absolute atomic E-state index is 0.0450. The van der Waals surface area contributed by atoms with Gasteiger partial charge in [-0.1, -0.05) is 6.42 Å². The molecule has 0 aliphatic carbocycles. The van der Waals surface area contributed by atoms with Gasteiger partial charge >= 0.3 is 0 Å². The fraction of sp³-hybridized carbons (Fsp3) is 0.471. The second-order valence-electron chi connectivity index (χ2n) is 5.80. The Hall–Kier alpha value is -1.81. The van der Waals surface area contributed by atoms with Crippen LogP contribution in [0.25, 0.3) is 10.9 Å². The van der Waals surface area contributed by atoms with Crippen LogP contribution < -0.4 is 10.6 Å². The third-order valence-electron chi connectivity index (χ3n) is 4.32. The van der Waals surface area contributed by atoms with Gasteiger partial charge in [-0.2, -0.15) is 0 Å². The standard InChI is InChI=1S/C17H23N3O/c1-3-20-12(2)10-13-11-14(7-8-16(13)20)19-17(21)15-6-4-5-9-18-15/h7-8,10-11,15,18H,3-6,9H2,1-2H3,(H,19,21)/t15-/m0/s1. The van der Waals surface area contributed by atoms with Crippen molar-refractivity contribution in [3.63, 3.8) is 0 Å². The summed E-state index contributed by atoms with van der Waals surface area (Å²) in [5.74, 6) is 0.0840. The number of aromatic nitrogens is 1. The van der Waals surface area contributed by atoms with E-state index in [-0.39, 0.29) is 11.9 Å². The third-order valence-corrected chi connectivity index (χ3v) is 4.32. The predicted octanol–water partition coefficient (Wildman–Crippen LogP) is 3.05. The number of nitrogens with one attached hydrogen (secondary N) is 2. The zero-order chi connectivity index (χ0) is 14.8. The van der Waals surface area contributed by atoms with Crippen molar-refractivity contribution in [2.45, 2.75) is 45.7 Å². The summed E-state index contributed by atoms with van der Waals surface area (Å²) in [6.45, 7) is 6.17. The quantitative estimate of drug-likeness (QED) is 0.910. The van der Waals surface area contributed by atoms with Gasteiger partial charge in [0.2, 0.25) is 5.91 Å². The summed E-state index contributed by atoms with van der Waals surface area (Å²) >= 11 is 0. The molecule has 2 heterocycles. The average Bonchev–Trinajstić information content (AvgIpc) is 2.82. The molecule has 1 aliphatic rings. The number of benzene rings is 1. The van der Waals surface area contributed by atoms with Gasteiger partial charge in [0, 0.05) is 28.8 Å². The fourth-order valence-corrected chi connectivity index (χ4v) is 3.21. The normalized spacial score (nSPS) is 18.9. The minimum atomic E-state index is -0.0450. The smallest absolute Gasteiger partial charge is 0.241 e. The van der Waals surface area contributed by atoms with Crippen molar-refractivity contribution in [1.82, 2.24) is 9.88 Å². The van der Waals surface area contributed by atoms with Gasteiger partial charge in [-0.25, -0.2) is 0 Å². The molecule has 0 unspecified atom stereocenters. The Kier molecular flexibility index (Phi) is 3.97. The number of carbonyl (C=O) groups excluding carboxylic acids is 1. The van der Waals surface area contributed by atoms with Crippen LogP contribution in [0.15, 0.2) is 24.3 Å². The van der Waals surface area contributed by atoms with E-state index in [1.54, 1.807) is 0 Å². The lowest BCUT2D eigenvalue weighted by molar-refractivity contribution is -0.118. The van der Waals surface area contributed by atoms with Gasteiger partial charge in [0.25, 0.3) is 0 Å². The summed E-state index contributed by atoms with van der Waals surface area (Å²) in [5.41, 5.74) is 3.36. The first kappa shape index (κ1) is 14.1. The van der Waals surface area contributed by atoms with Crippen LogP contribution in [0.5, 0.6) is 0 Å². The van der Waals surface area contributed by atoms with Crippen molar-refractivity contribution in [2.75, 3.05) is 11.9 Å². The lowest BCUT2D eigenvalue weighted by atomic mass is 10.0. The molecule has 0 bridgehead atoms. The van der Waals surface area contributed by atoms with Gasteiger partial charge in [-0.3, -0.25) is 4.79 Å². The van der Waals surface area contributed by atoms with Gasteiger partial charge in [0.05, 0.1) is 6.04 Å². The van der Waals surface area contributed by atoms with Crippen LogP contribution in [-0.2, 0) is 11.3 Å². The predicted molar refractivity (Wildman–Crippen MR) is 86.6 cm³/mol. The van der Waals surface area contributed by atoms with E-state index >= 15 is 0 Å². The number of hydrogen-bond donors (Lipinski definition) is 2. The Morgan fingerprint density at radius 1 is 1.38 bits per heavy atom. The van der Waals surface area contributed by atoms with Gasteiger partial charge in [-0.05, 0) is 57.5 Å². The SMILES string of the molecule is CCn1c(C)cc2cc(NC(=O)[C@@H]3CCCCN3)ccc21. The summed E-state index contributed by atoms with van der Waals surface area (Å²) in [5, 5.41) is 7.51. The van der Waals surface area contributed by atoms with Crippen LogP contribution in [0.2, 0.25) is 0 Å². The largest absolute Gasteiger partial charge is 0.345 e. The molecule has 1 amide bonds. The summed E-state index contributed by atoms with van der Waals surface area (Å²) in [6.07, 6.45) is 3.22. The van der Waals surface area contributed by atoms with Gasteiger partial charge in [0.1, 0.15) is 0 Å². The monoisotopic (exact) mass is 285 g/mol. The average molecular weight is 285 g/mol. The second-order valence-corrected chi connectivity index (χ2v) is 5.80. The van der Waals surface area contributed by atoms with E-state index in [0.29, 0.717) is 0 Å². The molecule has 0 spiro atoms. The number of anilines is 1. The fourth-order valence-electron chi connectivity index (χ4n) is 3.21. The first-order valence-corrected chi connectivity index (χ1v) is 7.83. The Morgan fingerprint density at radius 2 is 2.24 bits per heavy atom. The molecule has 0 radical (unpaired) electrons. The van der Waals surface area contributed by atoms with Gasteiger partial charge in [-0.15, -0.1) is 0 Å². The molecule has 2 N–H and O–H groups in total. The lowest BCUT2D eigenvalue weighted by Gasteiger charge is -2.22. The molecule has 1 atom stereocenters. The van der Waals surface area contributed by atoms with Crippen LogP contribution >= 0.6 is 0 Å². The lowest BCUT2D eigenvalue weighted by Crippen LogP contribution is -2.43. The summed E-state index contributed by atoms with van der Waals surface area (Å²) in [6, 6.07) is 8.28. The molecule has 4 heteroatoms. The molecule has 1 fully saturated rings. The van der Waals surface area contributed by atoms with Crippen molar-refractivity contribution in [1.29, 1.82) is 0 Å². The van der Waals surface area contributed by atoms with E-state index in [2.05, 4.69) is 47.2 Å². The molecule has 4 nitrogen and oxygen atoms in total. The highest BCUT2D eigenvalue weighted by Crippen LogP contribution is 2.23. The second kappa shape index (κ2) is 5.90. The molecule has 1 aromatic carbocycles. The van der Waals surface area contributed by atoms with Crippen LogP contribution in [0.3, 0.4) is 0 Å². The van der Waals surface area contributed by atoms with Crippen molar-refractivity contribution in [3.05, 3.63) is 30.0 Å². The molecule has 1 saturated heterocycles. The van der Waals surface area contributed by atoms with Gasteiger partial charge in [0.15, 0.2) is 0 Å². The number of amides is 1. The molecule has 21 heavy (non-hydrogen) atoms. The Labute approximate surface area is 125 Å². The van der Waals surface area contributed by atoms with Crippen LogP contribution in [0, 0.1) is 6.92 Å². The zero-order valence-electron chi connectivity index (χ0n) is 12.8. The first-order valence-electron chi connectivity index (χ1n) is 7.83. The van der Waals surface area contributed by atoms with Crippen LogP contribution in [0.4, 0.5) is 5.69 Å². The van der Waals surface area contributed by atoms with Crippen LogP contribution in [0.1, 0.15) is 31.9 Å². The summed E-state index contributed by atoms with van der Waals surface area (Å²) in [4.78, 5) is 12.3. The molecule has 1 aromatic heterocycles. The van der Waals surface area contributed by atoms with E-state index in [0.717, 1.165) is 31.6 Å². The highest BCUT2D eigenvalue weighted by molar-refractivity contribution is 5.97. The van der Waals surface area contributed by atoms with Crippen molar-refractivity contribution >= 4 is 22.5 Å². The van der Waals surface area contributed by atoms with E-state index in [1.165, 1.54) is 23.0 Å². The Bertz CT molecular complexity index is 653.